The molecule has 12 heteroatoms. The first kappa shape index (κ1) is 18.8. The number of nitrogens with zero attached hydrogens (tertiary/aromatic N) is 1. The van der Waals surface area contributed by atoms with Crippen molar-refractivity contribution in [3.63, 3.8) is 0 Å². The lowest BCUT2D eigenvalue weighted by atomic mass is 10.2. The quantitative estimate of drug-likeness (QED) is 0.431. The molecule has 1 aromatic carbocycles. The van der Waals surface area contributed by atoms with E-state index in [1.807, 2.05) is 0 Å². The van der Waals surface area contributed by atoms with E-state index < -0.39 is 34.1 Å². The number of carbonyl (C=O) groups is 2. The van der Waals surface area contributed by atoms with Crippen molar-refractivity contribution < 1.29 is 33.3 Å². The maximum atomic E-state index is 12.1. The fourth-order valence-corrected chi connectivity index (χ4v) is 3.45. The van der Waals surface area contributed by atoms with Gasteiger partial charge in [0, 0.05) is 17.3 Å². The van der Waals surface area contributed by atoms with Gasteiger partial charge in [-0.3, -0.25) is 9.52 Å². The van der Waals surface area contributed by atoms with Gasteiger partial charge in [0.1, 0.15) is 0 Å². The Bertz CT molecular complexity index is 850. The Morgan fingerprint density at radius 1 is 1.12 bits per heavy atom. The number of thiazole rings is 1. The molecule has 0 bridgehead atoms. The lowest BCUT2D eigenvalue weighted by molar-refractivity contribution is -0.156. The molecule has 25 heavy (non-hydrogen) atoms. The number of hydrogen-bond acceptors (Lipinski definition) is 8. The van der Waals surface area contributed by atoms with Gasteiger partial charge in [0.2, 0.25) is 0 Å². The number of anilines is 2. The third-order valence-electron chi connectivity index (χ3n) is 2.91. The van der Waals surface area contributed by atoms with E-state index in [0.717, 1.165) is 11.3 Å². The maximum absolute atomic E-state index is 12.1. The molecule has 0 fully saturated rings. The zero-order valence-corrected chi connectivity index (χ0v) is 14.0. The Hall–Kier alpha value is -2.54. The highest BCUT2D eigenvalue weighted by atomic mass is 32.2. The standard InChI is InChI=1S/C13H13N3O7S2/c17-9(10(18)12(20)21)11(19)15-7-1-3-8(4-2-7)25(22,23)16-13-14-5-6-24-13/h1-6,9-10,17-18H,(H,14,16)(H,15,19)(H,20,21). The number of aliphatic hydroxyl groups is 2. The predicted molar refractivity (Wildman–Crippen MR) is 87.6 cm³/mol. The number of carboxylic acids is 1. The minimum absolute atomic E-state index is 0.0909. The first-order chi connectivity index (χ1) is 11.7. The monoisotopic (exact) mass is 387 g/mol. The molecule has 2 aromatic rings. The van der Waals surface area contributed by atoms with Crippen molar-refractivity contribution in [1.82, 2.24) is 4.98 Å². The van der Waals surface area contributed by atoms with Gasteiger partial charge >= 0.3 is 5.97 Å². The fourth-order valence-electron chi connectivity index (χ4n) is 1.66. The van der Waals surface area contributed by atoms with Crippen LogP contribution in [0.3, 0.4) is 0 Å². The summed E-state index contributed by atoms with van der Waals surface area (Å²) in [6.45, 7) is 0. The topological polar surface area (TPSA) is 166 Å². The summed E-state index contributed by atoms with van der Waals surface area (Å²) < 4.78 is 26.5. The van der Waals surface area contributed by atoms with Gasteiger partial charge in [-0.05, 0) is 24.3 Å². The number of aliphatic carboxylic acids is 1. The molecular weight excluding hydrogens is 374 g/mol. The fraction of sp³-hybridized carbons (Fsp3) is 0.154. The molecule has 2 atom stereocenters. The van der Waals surface area contributed by atoms with Crippen LogP contribution < -0.4 is 10.0 Å². The Labute approximate surface area is 145 Å². The van der Waals surface area contributed by atoms with E-state index >= 15 is 0 Å². The molecule has 2 unspecified atom stereocenters. The van der Waals surface area contributed by atoms with E-state index in [4.69, 9.17) is 10.2 Å². The molecule has 1 aromatic heterocycles. The maximum Gasteiger partial charge on any atom is 0.335 e. The zero-order chi connectivity index (χ0) is 18.6. The molecule has 0 radical (unpaired) electrons. The summed E-state index contributed by atoms with van der Waals surface area (Å²) in [5.41, 5.74) is 0.106. The first-order valence-corrected chi connectivity index (χ1v) is 8.99. The van der Waals surface area contributed by atoms with Gasteiger partial charge in [-0.25, -0.2) is 18.2 Å². The lowest BCUT2D eigenvalue weighted by Crippen LogP contribution is -2.42. The predicted octanol–water partition coefficient (Wildman–Crippen LogP) is -0.311. The van der Waals surface area contributed by atoms with Crippen LogP contribution in [-0.2, 0) is 19.6 Å². The normalized spacial score (nSPS) is 13.7. The van der Waals surface area contributed by atoms with Gasteiger partial charge in [0.25, 0.3) is 15.9 Å². The Balaban J connectivity index is 2.07. The largest absolute Gasteiger partial charge is 0.479 e. The summed E-state index contributed by atoms with van der Waals surface area (Å²) in [4.78, 5) is 25.9. The van der Waals surface area contributed by atoms with Crippen molar-refractivity contribution in [3.8, 4) is 0 Å². The third-order valence-corrected chi connectivity index (χ3v) is 5.08. The molecule has 10 nitrogen and oxygen atoms in total. The molecule has 0 aliphatic carbocycles. The summed E-state index contributed by atoms with van der Waals surface area (Å²) in [5, 5.41) is 31.0. The number of aliphatic hydroxyl groups excluding tert-OH is 2. The van der Waals surface area contributed by atoms with Crippen LogP contribution in [0.15, 0.2) is 40.7 Å². The van der Waals surface area contributed by atoms with Gasteiger partial charge in [0.15, 0.2) is 17.3 Å². The summed E-state index contributed by atoms with van der Waals surface area (Å²) in [7, 11) is -3.85. The number of amides is 1. The van der Waals surface area contributed by atoms with Gasteiger partial charge in [-0.15, -0.1) is 11.3 Å². The van der Waals surface area contributed by atoms with Crippen LogP contribution in [0.1, 0.15) is 0 Å². The molecule has 1 amide bonds. The van der Waals surface area contributed by atoms with Crippen molar-refractivity contribution in [2.45, 2.75) is 17.1 Å². The molecule has 0 aliphatic rings. The number of nitrogens with one attached hydrogen (secondary N) is 2. The highest BCUT2D eigenvalue weighted by Crippen LogP contribution is 2.19. The van der Waals surface area contributed by atoms with Crippen molar-refractivity contribution in [2.24, 2.45) is 0 Å². The second-order valence-corrected chi connectivity index (χ2v) is 7.26. The van der Waals surface area contributed by atoms with Gasteiger partial charge in [-0.1, -0.05) is 0 Å². The molecule has 2 rings (SSSR count). The molecular formula is C13H13N3O7S2. The van der Waals surface area contributed by atoms with Crippen LogP contribution >= 0.6 is 11.3 Å². The molecule has 0 saturated carbocycles. The lowest BCUT2D eigenvalue weighted by Gasteiger charge is -2.14. The second-order valence-electron chi connectivity index (χ2n) is 4.68. The number of rotatable bonds is 7. The van der Waals surface area contributed by atoms with Crippen molar-refractivity contribution in [2.75, 3.05) is 10.0 Å². The summed E-state index contributed by atoms with van der Waals surface area (Å²) in [6.07, 6.45) is -3.01. The van der Waals surface area contributed by atoms with Crippen molar-refractivity contribution >= 4 is 44.1 Å². The number of carboxylic acid groups (broad SMARTS) is 1. The summed E-state index contributed by atoms with van der Waals surface area (Å²) in [5.74, 6) is -2.90. The van der Waals surface area contributed by atoms with E-state index in [0.29, 0.717) is 0 Å². The van der Waals surface area contributed by atoms with Crippen LogP contribution in [0.4, 0.5) is 10.8 Å². The second kappa shape index (κ2) is 7.57. The van der Waals surface area contributed by atoms with Crippen molar-refractivity contribution in [1.29, 1.82) is 0 Å². The Morgan fingerprint density at radius 3 is 2.28 bits per heavy atom. The van der Waals surface area contributed by atoms with Crippen LogP contribution in [0.5, 0.6) is 0 Å². The highest BCUT2D eigenvalue weighted by Gasteiger charge is 2.30. The SMILES string of the molecule is O=C(O)C(O)C(O)C(=O)Nc1ccc(S(=O)(=O)Nc2nccs2)cc1. The average molecular weight is 387 g/mol. The average Bonchev–Trinajstić information content (AvgIpc) is 3.06. The first-order valence-electron chi connectivity index (χ1n) is 6.63. The molecule has 134 valence electrons. The van der Waals surface area contributed by atoms with E-state index in [1.54, 1.807) is 5.38 Å². The van der Waals surface area contributed by atoms with Crippen LogP contribution in [0, 0.1) is 0 Å². The van der Waals surface area contributed by atoms with Crippen LogP contribution in [0.25, 0.3) is 0 Å². The summed E-state index contributed by atoms with van der Waals surface area (Å²) in [6, 6.07) is 4.89. The number of sulfonamides is 1. The highest BCUT2D eigenvalue weighted by molar-refractivity contribution is 7.93. The van der Waals surface area contributed by atoms with Gasteiger partial charge < -0.3 is 20.6 Å². The zero-order valence-electron chi connectivity index (χ0n) is 12.4. The minimum Gasteiger partial charge on any atom is -0.479 e. The Kier molecular flexibility index (Phi) is 5.69. The van der Waals surface area contributed by atoms with E-state index in [-0.39, 0.29) is 15.7 Å². The minimum atomic E-state index is -3.85. The van der Waals surface area contributed by atoms with Crippen LogP contribution in [0.2, 0.25) is 0 Å². The smallest absolute Gasteiger partial charge is 0.335 e. The Morgan fingerprint density at radius 2 is 1.76 bits per heavy atom. The van der Waals surface area contributed by atoms with E-state index in [2.05, 4.69) is 15.0 Å². The van der Waals surface area contributed by atoms with Gasteiger partial charge in [-0.2, -0.15) is 0 Å². The van der Waals surface area contributed by atoms with E-state index in [1.165, 1.54) is 30.5 Å². The van der Waals surface area contributed by atoms with Crippen molar-refractivity contribution in [3.05, 3.63) is 35.8 Å². The van der Waals surface area contributed by atoms with Crippen LogP contribution in [-0.4, -0.2) is 52.8 Å². The van der Waals surface area contributed by atoms with Gasteiger partial charge in [0.05, 0.1) is 4.90 Å². The molecule has 0 saturated heterocycles. The molecule has 0 aliphatic heterocycles. The number of carbonyl (C=O) groups excluding carboxylic acids is 1. The third kappa shape index (κ3) is 4.73. The molecule has 0 spiro atoms. The number of hydrogen-bond donors (Lipinski definition) is 5. The number of benzene rings is 1. The number of aromatic nitrogens is 1. The van der Waals surface area contributed by atoms with E-state index in [9.17, 15) is 23.1 Å². The molecule has 5 N–H and O–H groups in total. The summed E-state index contributed by atoms with van der Waals surface area (Å²) >= 11 is 1.11. The molecule has 1 heterocycles.